The van der Waals surface area contributed by atoms with Crippen LogP contribution < -0.4 is 5.32 Å². The normalized spacial score (nSPS) is 10.8. The third kappa shape index (κ3) is 3.37. The predicted octanol–water partition coefficient (Wildman–Crippen LogP) is 5.47. The van der Waals surface area contributed by atoms with Crippen LogP contribution in [-0.4, -0.2) is 15.9 Å². The number of aryl methyl sites for hydroxylation is 3. The van der Waals surface area contributed by atoms with E-state index in [0.29, 0.717) is 11.4 Å². The fourth-order valence-electron chi connectivity index (χ4n) is 3.20. The van der Waals surface area contributed by atoms with E-state index in [1.807, 2.05) is 55.5 Å². The lowest BCUT2D eigenvalue weighted by atomic mass is 10.0. The smallest absolute Gasteiger partial charge is 0.257 e. The van der Waals surface area contributed by atoms with Crippen LogP contribution in [0.25, 0.3) is 22.2 Å². The van der Waals surface area contributed by atoms with Crippen molar-refractivity contribution in [1.29, 1.82) is 0 Å². The summed E-state index contributed by atoms with van der Waals surface area (Å²) in [4.78, 5) is 22.2. The van der Waals surface area contributed by atoms with Gasteiger partial charge in [0.25, 0.3) is 5.91 Å². The average Bonchev–Trinajstić information content (AvgIpc) is 2.71. The summed E-state index contributed by atoms with van der Waals surface area (Å²) in [6.45, 7) is 6.09. The van der Waals surface area contributed by atoms with Gasteiger partial charge in [0, 0.05) is 17.1 Å². The minimum absolute atomic E-state index is 0.189. The molecule has 4 nitrogen and oxygen atoms in total. The van der Waals surface area contributed by atoms with Crippen LogP contribution in [0.2, 0.25) is 0 Å². The maximum atomic E-state index is 13.1. The molecule has 4 heteroatoms. The minimum Gasteiger partial charge on any atom is -0.306 e. The zero-order valence-corrected chi connectivity index (χ0v) is 16.2. The van der Waals surface area contributed by atoms with E-state index in [2.05, 4.69) is 36.3 Å². The molecule has 0 fully saturated rings. The van der Waals surface area contributed by atoms with Gasteiger partial charge in [0.05, 0.1) is 16.8 Å². The van der Waals surface area contributed by atoms with Crippen LogP contribution in [0.1, 0.15) is 27.0 Å². The molecule has 0 aliphatic rings. The van der Waals surface area contributed by atoms with Gasteiger partial charge in [-0.3, -0.25) is 4.79 Å². The highest BCUT2D eigenvalue weighted by Crippen LogP contribution is 2.27. The number of amides is 1. The second kappa shape index (κ2) is 7.24. The third-order valence-corrected chi connectivity index (χ3v) is 5.00. The molecule has 2 aromatic carbocycles. The number of pyridine rings is 2. The number of hydrogen-bond acceptors (Lipinski definition) is 3. The molecule has 4 rings (SSSR count). The number of para-hydroxylation sites is 1. The second-order valence-corrected chi connectivity index (χ2v) is 6.99. The Hall–Kier alpha value is -3.53. The highest BCUT2D eigenvalue weighted by Gasteiger charge is 2.15. The van der Waals surface area contributed by atoms with Gasteiger partial charge in [-0.15, -0.1) is 0 Å². The Labute approximate surface area is 164 Å². The number of anilines is 1. The summed E-state index contributed by atoms with van der Waals surface area (Å²) in [7, 11) is 0. The lowest BCUT2D eigenvalue weighted by Gasteiger charge is -2.12. The lowest BCUT2D eigenvalue weighted by Crippen LogP contribution is -2.15. The van der Waals surface area contributed by atoms with Gasteiger partial charge >= 0.3 is 0 Å². The van der Waals surface area contributed by atoms with Crippen molar-refractivity contribution < 1.29 is 4.79 Å². The van der Waals surface area contributed by atoms with Crippen LogP contribution in [-0.2, 0) is 0 Å². The molecule has 4 aromatic rings. The third-order valence-electron chi connectivity index (χ3n) is 5.00. The van der Waals surface area contributed by atoms with E-state index in [9.17, 15) is 4.79 Å². The number of aromatic nitrogens is 2. The number of carbonyl (C=O) groups is 1. The van der Waals surface area contributed by atoms with E-state index >= 15 is 0 Å². The quantitative estimate of drug-likeness (QED) is 0.522. The Balaban J connectivity index is 1.83. The van der Waals surface area contributed by atoms with Gasteiger partial charge in [0.1, 0.15) is 5.82 Å². The molecule has 28 heavy (non-hydrogen) atoms. The standard InChI is InChI=1S/C24H21N3O/c1-15-10-11-18(13-17(15)3)22-14-20(19-8-4-5-9-21(19)26-22)24(28)27-23-16(2)7-6-12-25-23/h4-14H,1-3H3,(H,25,27,28). The molecule has 1 N–H and O–H groups in total. The fourth-order valence-corrected chi connectivity index (χ4v) is 3.20. The fraction of sp³-hybridized carbons (Fsp3) is 0.125. The van der Waals surface area contributed by atoms with Gasteiger partial charge in [-0.25, -0.2) is 9.97 Å². The maximum absolute atomic E-state index is 13.1. The number of benzene rings is 2. The van der Waals surface area contributed by atoms with Crippen LogP contribution >= 0.6 is 0 Å². The molecule has 0 saturated carbocycles. The first kappa shape index (κ1) is 17.9. The highest BCUT2D eigenvalue weighted by molar-refractivity contribution is 6.13. The first-order chi connectivity index (χ1) is 13.5. The Morgan fingerprint density at radius 3 is 2.46 bits per heavy atom. The first-order valence-corrected chi connectivity index (χ1v) is 9.23. The number of carbonyl (C=O) groups excluding carboxylic acids is 1. The zero-order chi connectivity index (χ0) is 19.7. The molecule has 0 bridgehead atoms. The number of fused-ring (bicyclic) bond motifs is 1. The van der Waals surface area contributed by atoms with Crippen LogP contribution in [0.15, 0.2) is 66.9 Å². The Morgan fingerprint density at radius 1 is 0.857 bits per heavy atom. The van der Waals surface area contributed by atoms with Crippen molar-refractivity contribution in [3.63, 3.8) is 0 Å². The van der Waals surface area contributed by atoms with Crippen molar-refractivity contribution in [3.05, 3.63) is 89.1 Å². The monoisotopic (exact) mass is 367 g/mol. The second-order valence-electron chi connectivity index (χ2n) is 6.99. The summed E-state index contributed by atoms with van der Waals surface area (Å²) in [5, 5.41) is 3.76. The summed E-state index contributed by atoms with van der Waals surface area (Å²) in [6.07, 6.45) is 1.67. The zero-order valence-electron chi connectivity index (χ0n) is 16.2. The molecular weight excluding hydrogens is 346 g/mol. The molecule has 1 amide bonds. The molecule has 0 radical (unpaired) electrons. The summed E-state index contributed by atoms with van der Waals surface area (Å²) < 4.78 is 0. The number of nitrogens with one attached hydrogen (secondary N) is 1. The summed E-state index contributed by atoms with van der Waals surface area (Å²) in [5.74, 6) is 0.381. The van der Waals surface area contributed by atoms with E-state index in [4.69, 9.17) is 4.98 Å². The molecule has 0 aliphatic carbocycles. The Bertz CT molecular complexity index is 1200. The van der Waals surface area contributed by atoms with Gasteiger partial charge in [0.15, 0.2) is 0 Å². The lowest BCUT2D eigenvalue weighted by molar-refractivity contribution is 0.102. The van der Waals surface area contributed by atoms with Crippen molar-refractivity contribution in [3.8, 4) is 11.3 Å². The molecule has 0 aliphatic heterocycles. The molecule has 2 heterocycles. The Kier molecular flexibility index (Phi) is 4.62. The van der Waals surface area contributed by atoms with Crippen LogP contribution in [0.5, 0.6) is 0 Å². The van der Waals surface area contributed by atoms with Crippen molar-refractivity contribution >= 4 is 22.6 Å². The minimum atomic E-state index is -0.189. The van der Waals surface area contributed by atoms with Crippen LogP contribution in [0.4, 0.5) is 5.82 Å². The van der Waals surface area contributed by atoms with Crippen LogP contribution in [0.3, 0.4) is 0 Å². The molecule has 0 spiro atoms. The maximum Gasteiger partial charge on any atom is 0.257 e. The first-order valence-electron chi connectivity index (χ1n) is 9.23. The molecule has 138 valence electrons. The summed E-state index contributed by atoms with van der Waals surface area (Å²) in [6, 6.07) is 19.6. The van der Waals surface area contributed by atoms with Gasteiger partial charge in [-0.2, -0.15) is 0 Å². The summed E-state index contributed by atoms with van der Waals surface area (Å²) in [5.41, 5.74) is 6.51. The van der Waals surface area contributed by atoms with Gasteiger partial charge in [0.2, 0.25) is 0 Å². The molecule has 2 aromatic heterocycles. The summed E-state index contributed by atoms with van der Waals surface area (Å²) >= 11 is 0. The van der Waals surface area contributed by atoms with E-state index in [-0.39, 0.29) is 5.91 Å². The number of nitrogens with zero attached hydrogens (tertiary/aromatic N) is 2. The molecule has 0 atom stereocenters. The van der Waals surface area contributed by atoms with Crippen molar-refractivity contribution in [2.45, 2.75) is 20.8 Å². The molecule has 0 unspecified atom stereocenters. The number of hydrogen-bond donors (Lipinski definition) is 1. The van der Waals surface area contributed by atoms with Gasteiger partial charge in [-0.1, -0.05) is 36.4 Å². The molecular formula is C24H21N3O. The van der Waals surface area contributed by atoms with Gasteiger partial charge in [-0.05, 0) is 61.7 Å². The topological polar surface area (TPSA) is 54.9 Å². The SMILES string of the molecule is Cc1ccc(-c2cc(C(=O)Nc3ncccc3C)c3ccccc3n2)cc1C. The van der Waals surface area contributed by atoms with Crippen molar-refractivity contribution in [2.75, 3.05) is 5.32 Å². The largest absolute Gasteiger partial charge is 0.306 e. The van der Waals surface area contributed by atoms with Crippen molar-refractivity contribution in [2.24, 2.45) is 0 Å². The predicted molar refractivity (Wildman–Crippen MR) is 114 cm³/mol. The molecule has 0 saturated heterocycles. The van der Waals surface area contributed by atoms with Crippen molar-refractivity contribution in [1.82, 2.24) is 9.97 Å². The average molecular weight is 367 g/mol. The van der Waals surface area contributed by atoms with Crippen LogP contribution in [0, 0.1) is 20.8 Å². The van der Waals surface area contributed by atoms with E-state index < -0.39 is 0 Å². The Morgan fingerprint density at radius 2 is 1.68 bits per heavy atom. The van der Waals surface area contributed by atoms with E-state index in [0.717, 1.165) is 27.7 Å². The van der Waals surface area contributed by atoms with E-state index in [1.54, 1.807) is 6.20 Å². The number of rotatable bonds is 3. The van der Waals surface area contributed by atoms with Gasteiger partial charge < -0.3 is 5.32 Å². The van der Waals surface area contributed by atoms with E-state index in [1.165, 1.54) is 11.1 Å². The highest BCUT2D eigenvalue weighted by atomic mass is 16.1.